The average molecular weight is 335 g/mol. The minimum atomic E-state index is -0.342. The summed E-state index contributed by atoms with van der Waals surface area (Å²) in [6, 6.07) is 17.7. The van der Waals surface area contributed by atoms with E-state index in [4.69, 9.17) is 0 Å². The lowest BCUT2D eigenvalue weighted by Crippen LogP contribution is -2.24. The maximum absolute atomic E-state index is 13.6. The number of halogens is 1. The quantitative estimate of drug-likeness (QED) is 0.735. The van der Waals surface area contributed by atoms with Crippen LogP contribution in [0.15, 0.2) is 66.9 Å². The predicted octanol–water partition coefficient (Wildman–Crippen LogP) is 4.20. The molecule has 1 aromatic heterocycles. The summed E-state index contributed by atoms with van der Waals surface area (Å²) < 4.78 is 13.6. The van der Waals surface area contributed by atoms with Crippen molar-refractivity contribution < 1.29 is 9.18 Å². The second kappa shape index (κ2) is 7.57. The first-order valence-electron chi connectivity index (χ1n) is 7.94. The third-order valence-electron chi connectivity index (χ3n) is 3.82. The molecule has 0 fully saturated rings. The normalized spacial score (nSPS) is 10.3. The number of anilines is 2. The molecule has 4 nitrogen and oxygen atoms in total. The third kappa shape index (κ3) is 4.20. The summed E-state index contributed by atoms with van der Waals surface area (Å²) in [6.45, 7) is 2.14. The number of rotatable bonds is 5. The Morgan fingerprint density at radius 1 is 1.04 bits per heavy atom. The summed E-state index contributed by atoms with van der Waals surface area (Å²) >= 11 is 0. The van der Waals surface area contributed by atoms with Gasteiger partial charge in [0.1, 0.15) is 11.5 Å². The standard InChI is InChI=1S/C20H18FN3O/c1-14-6-2-5-9-18(14)24-16-10-11-19(22-13-16)20(25)23-12-15-7-3-4-8-17(15)21/h2-11,13,24H,12H2,1H3,(H,23,25). The molecule has 0 radical (unpaired) electrons. The lowest BCUT2D eigenvalue weighted by molar-refractivity contribution is 0.0945. The smallest absolute Gasteiger partial charge is 0.270 e. The zero-order chi connectivity index (χ0) is 17.6. The fourth-order valence-electron chi connectivity index (χ4n) is 2.38. The molecule has 2 aromatic carbocycles. The first kappa shape index (κ1) is 16.6. The van der Waals surface area contributed by atoms with Crippen molar-refractivity contribution >= 4 is 17.3 Å². The van der Waals surface area contributed by atoms with E-state index >= 15 is 0 Å². The van der Waals surface area contributed by atoms with Gasteiger partial charge in [-0.3, -0.25) is 4.79 Å². The minimum absolute atomic E-state index is 0.121. The molecule has 126 valence electrons. The summed E-state index contributed by atoms with van der Waals surface area (Å²) in [4.78, 5) is 16.3. The number of hydrogen-bond acceptors (Lipinski definition) is 3. The van der Waals surface area contributed by atoms with Crippen LogP contribution in [0.3, 0.4) is 0 Å². The van der Waals surface area contributed by atoms with Crippen LogP contribution in [0.1, 0.15) is 21.6 Å². The van der Waals surface area contributed by atoms with E-state index in [1.165, 1.54) is 6.07 Å². The molecule has 5 heteroatoms. The van der Waals surface area contributed by atoms with Crippen molar-refractivity contribution in [2.45, 2.75) is 13.5 Å². The van der Waals surface area contributed by atoms with Crippen molar-refractivity contribution in [2.75, 3.05) is 5.32 Å². The first-order valence-corrected chi connectivity index (χ1v) is 7.94. The number of aromatic nitrogens is 1. The van der Waals surface area contributed by atoms with Gasteiger partial charge in [-0.25, -0.2) is 9.37 Å². The molecular formula is C20H18FN3O. The Morgan fingerprint density at radius 3 is 2.52 bits per heavy atom. The number of nitrogens with one attached hydrogen (secondary N) is 2. The number of hydrogen-bond donors (Lipinski definition) is 2. The van der Waals surface area contributed by atoms with Crippen molar-refractivity contribution in [3.63, 3.8) is 0 Å². The zero-order valence-corrected chi connectivity index (χ0v) is 13.8. The molecule has 0 unspecified atom stereocenters. The van der Waals surface area contributed by atoms with Crippen molar-refractivity contribution in [3.05, 3.63) is 89.5 Å². The fraction of sp³-hybridized carbons (Fsp3) is 0.100. The molecule has 0 aliphatic carbocycles. The second-order valence-corrected chi connectivity index (χ2v) is 5.65. The van der Waals surface area contributed by atoms with Crippen LogP contribution in [0.25, 0.3) is 0 Å². The maximum atomic E-state index is 13.6. The summed E-state index contributed by atoms with van der Waals surface area (Å²) in [7, 11) is 0. The highest BCUT2D eigenvalue weighted by atomic mass is 19.1. The molecule has 0 aliphatic rings. The second-order valence-electron chi connectivity index (χ2n) is 5.65. The van der Waals surface area contributed by atoms with Gasteiger partial charge in [-0.05, 0) is 36.8 Å². The molecule has 0 atom stereocenters. The van der Waals surface area contributed by atoms with Crippen LogP contribution in [-0.4, -0.2) is 10.9 Å². The number of carbonyl (C=O) groups is 1. The predicted molar refractivity (Wildman–Crippen MR) is 96.3 cm³/mol. The molecule has 0 aliphatic heterocycles. The Kier molecular flexibility index (Phi) is 5.04. The van der Waals surface area contributed by atoms with Gasteiger partial charge in [0.05, 0.1) is 11.9 Å². The summed E-state index contributed by atoms with van der Waals surface area (Å²) in [5, 5.41) is 5.93. The van der Waals surface area contributed by atoms with Crippen LogP contribution < -0.4 is 10.6 Å². The van der Waals surface area contributed by atoms with Crippen LogP contribution in [0, 0.1) is 12.7 Å². The van der Waals surface area contributed by atoms with E-state index in [1.807, 2.05) is 31.2 Å². The van der Waals surface area contributed by atoms with E-state index in [0.29, 0.717) is 5.56 Å². The molecule has 0 bridgehead atoms. The molecular weight excluding hydrogens is 317 g/mol. The molecule has 3 rings (SSSR count). The van der Waals surface area contributed by atoms with Crippen LogP contribution >= 0.6 is 0 Å². The molecule has 1 heterocycles. The van der Waals surface area contributed by atoms with Crippen LogP contribution in [0.5, 0.6) is 0 Å². The number of amides is 1. The van der Waals surface area contributed by atoms with Crippen molar-refractivity contribution in [3.8, 4) is 0 Å². The number of pyridine rings is 1. The Labute approximate surface area is 145 Å². The monoisotopic (exact) mass is 335 g/mol. The topological polar surface area (TPSA) is 54.0 Å². The van der Waals surface area contributed by atoms with E-state index < -0.39 is 0 Å². The van der Waals surface area contributed by atoms with Crippen molar-refractivity contribution in [2.24, 2.45) is 0 Å². The molecule has 1 amide bonds. The first-order chi connectivity index (χ1) is 12.1. The summed E-state index contributed by atoms with van der Waals surface area (Å²) in [5.74, 6) is -0.681. The largest absolute Gasteiger partial charge is 0.354 e. The Balaban J connectivity index is 1.63. The average Bonchev–Trinajstić information content (AvgIpc) is 2.63. The highest BCUT2D eigenvalue weighted by Crippen LogP contribution is 2.19. The van der Waals surface area contributed by atoms with Crippen LogP contribution in [0.4, 0.5) is 15.8 Å². The molecule has 0 saturated heterocycles. The van der Waals surface area contributed by atoms with Gasteiger partial charge in [0.25, 0.3) is 5.91 Å². The van der Waals surface area contributed by atoms with Gasteiger partial charge in [0.15, 0.2) is 0 Å². The lowest BCUT2D eigenvalue weighted by atomic mass is 10.2. The minimum Gasteiger partial charge on any atom is -0.354 e. The molecule has 25 heavy (non-hydrogen) atoms. The summed E-state index contributed by atoms with van der Waals surface area (Å²) in [5.41, 5.74) is 3.62. The molecule has 0 saturated carbocycles. The van der Waals surface area contributed by atoms with E-state index in [2.05, 4.69) is 15.6 Å². The van der Waals surface area contributed by atoms with Gasteiger partial charge in [-0.2, -0.15) is 0 Å². The van der Waals surface area contributed by atoms with Gasteiger partial charge in [-0.1, -0.05) is 36.4 Å². The van der Waals surface area contributed by atoms with E-state index in [-0.39, 0.29) is 24.0 Å². The van der Waals surface area contributed by atoms with Crippen LogP contribution in [0.2, 0.25) is 0 Å². The number of aryl methyl sites for hydroxylation is 1. The fourth-order valence-corrected chi connectivity index (χ4v) is 2.38. The van der Waals surface area contributed by atoms with E-state index in [1.54, 1.807) is 36.5 Å². The third-order valence-corrected chi connectivity index (χ3v) is 3.82. The van der Waals surface area contributed by atoms with Gasteiger partial charge in [0.2, 0.25) is 0 Å². The number of nitrogens with zero attached hydrogens (tertiary/aromatic N) is 1. The molecule has 3 aromatic rings. The molecule has 2 N–H and O–H groups in total. The number of carbonyl (C=O) groups excluding carboxylic acids is 1. The lowest BCUT2D eigenvalue weighted by Gasteiger charge is -2.10. The maximum Gasteiger partial charge on any atom is 0.270 e. The highest BCUT2D eigenvalue weighted by Gasteiger charge is 2.09. The SMILES string of the molecule is Cc1ccccc1Nc1ccc(C(=O)NCc2ccccc2F)nc1. The van der Waals surface area contributed by atoms with Crippen molar-refractivity contribution in [1.29, 1.82) is 0 Å². The summed E-state index contributed by atoms with van der Waals surface area (Å²) in [6.07, 6.45) is 1.60. The highest BCUT2D eigenvalue weighted by molar-refractivity contribution is 5.92. The van der Waals surface area contributed by atoms with Gasteiger partial charge in [0, 0.05) is 17.8 Å². The van der Waals surface area contributed by atoms with Gasteiger partial charge in [-0.15, -0.1) is 0 Å². The van der Waals surface area contributed by atoms with E-state index in [9.17, 15) is 9.18 Å². The Morgan fingerprint density at radius 2 is 1.80 bits per heavy atom. The van der Waals surface area contributed by atoms with E-state index in [0.717, 1.165) is 16.9 Å². The van der Waals surface area contributed by atoms with Crippen molar-refractivity contribution in [1.82, 2.24) is 10.3 Å². The Hall–Kier alpha value is -3.21. The van der Waals surface area contributed by atoms with Crippen LogP contribution in [-0.2, 0) is 6.54 Å². The number of para-hydroxylation sites is 1. The van der Waals surface area contributed by atoms with Gasteiger partial charge < -0.3 is 10.6 Å². The number of benzene rings is 2. The zero-order valence-electron chi connectivity index (χ0n) is 13.8. The Bertz CT molecular complexity index is 878. The van der Waals surface area contributed by atoms with Gasteiger partial charge >= 0.3 is 0 Å². The molecule has 0 spiro atoms.